The van der Waals surface area contributed by atoms with E-state index >= 15 is 0 Å². The van der Waals surface area contributed by atoms with Gasteiger partial charge in [-0.1, -0.05) is 111 Å². The third-order valence-corrected chi connectivity index (χ3v) is 8.48. The fourth-order valence-electron chi connectivity index (χ4n) is 4.25. The molecule has 0 aromatic heterocycles. The second-order valence-corrected chi connectivity index (χ2v) is 8.98. The van der Waals surface area contributed by atoms with Gasteiger partial charge in [-0.15, -0.1) is 0 Å². The summed E-state index contributed by atoms with van der Waals surface area (Å²) in [4.78, 5) is 0. The van der Waals surface area contributed by atoms with Crippen LogP contribution in [0.2, 0.25) is 0 Å². The minimum Gasteiger partial charge on any atom is -0.0868 e. The van der Waals surface area contributed by atoms with Crippen molar-refractivity contribution in [2.75, 3.05) is 6.16 Å². The monoisotopic (exact) mass is 342 g/mol. The van der Waals surface area contributed by atoms with E-state index in [-0.39, 0.29) is 13.1 Å². The summed E-state index contributed by atoms with van der Waals surface area (Å²) in [5.41, 5.74) is 4.43. The van der Waals surface area contributed by atoms with Crippen LogP contribution >= 0.6 is 7.92 Å². The smallest absolute Gasteiger partial charge is 0.0650 e. The van der Waals surface area contributed by atoms with Gasteiger partial charge in [-0.05, 0) is 35.9 Å². The number of hydrogen-bond donors (Lipinski definition) is 0. The Kier molecular flexibility index (Phi) is 4.55. The average Bonchev–Trinajstić information content (AvgIpc) is 3.10. The van der Waals surface area contributed by atoms with Crippen LogP contribution in [0.25, 0.3) is 0 Å². The molecule has 0 aliphatic carbocycles. The molecular weight excluding hydrogens is 319 g/mol. The van der Waals surface area contributed by atoms with Gasteiger partial charge in [0.15, 0.2) is 0 Å². The molecule has 3 aromatic rings. The van der Waals surface area contributed by atoms with Crippen LogP contribution in [-0.4, -0.2) is 6.16 Å². The predicted molar refractivity (Wildman–Crippen MR) is 110 cm³/mol. The zero-order valence-corrected chi connectivity index (χ0v) is 15.5. The Labute approximate surface area is 152 Å². The molecule has 1 heterocycles. The lowest BCUT2D eigenvalue weighted by Crippen LogP contribution is -2.28. The van der Waals surface area contributed by atoms with E-state index in [0.29, 0.717) is 0 Å². The quantitative estimate of drug-likeness (QED) is 0.399. The van der Waals surface area contributed by atoms with Crippen LogP contribution in [0.3, 0.4) is 0 Å². The Morgan fingerprint density at radius 3 is 1.68 bits per heavy atom. The van der Waals surface area contributed by atoms with Crippen LogP contribution in [0, 0.1) is 0 Å². The standard InChI is InChI=1S/C24H23P/c1-2-20-18-19-25(23-16-10-5-11-17-23)24(20,21-12-6-3-7-13-21)22-14-8-4-9-15-22/h2-17H,18-19H2,1H3. The molecule has 1 atom stereocenters. The maximum absolute atomic E-state index is 2.37. The van der Waals surface area contributed by atoms with Gasteiger partial charge in [0.05, 0.1) is 5.16 Å². The SMILES string of the molecule is CC=C1CCP(c2ccccc2)C1(c1ccccc1)c1ccccc1. The lowest BCUT2D eigenvalue weighted by atomic mass is 9.83. The van der Waals surface area contributed by atoms with Gasteiger partial charge >= 0.3 is 0 Å². The van der Waals surface area contributed by atoms with E-state index in [9.17, 15) is 0 Å². The van der Waals surface area contributed by atoms with Gasteiger partial charge in [0.1, 0.15) is 0 Å². The molecule has 1 aliphatic heterocycles. The molecule has 3 aromatic carbocycles. The topological polar surface area (TPSA) is 0 Å². The van der Waals surface area contributed by atoms with E-state index < -0.39 is 0 Å². The minimum atomic E-state index is -0.354. The molecular formula is C24H23P. The molecule has 124 valence electrons. The molecule has 1 unspecified atom stereocenters. The van der Waals surface area contributed by atoms with E-state index in [4.69, 9.17) is 0 Å². The number of benzene rings is 3. The molecule has 0 N–H and O–H groups in total. The maximum atomic E-state index is 2.37. The summed E-state index contributed by atoms with van der Waals surface area (Å²) in [7, 11) is -0.354. The molecule has 1 heteroatoms. The Morgan fingerprint density at radius 1 is 0.720 bits per heavy atom. The first-order valence-electron chi connectivity index (χ1n) is 8.97. The van der Waals surface area contributed by atoms with Crippen LogP contribution in [0.1, 0.15) is 24.5 Å². The first-order valence-corrected chi connectivity index (χ1v) is 10.5. The van der Waals surface area contributed by atoms with Gasteiger partial charge in [0.25, 0.3) is 0 Å². The van der Waals surface area contributed by atoms with Gasteiger partial charge in [0.2, 0.25) is 0 Å². The molecule has 0 radical (unpaired) electrons. The minimum absolute atomic E-state index is 0.00600. The van der Waals surface area contributed by atoms with Crippen LogP contribution in [0.15, 0.2) is 103 Å². The molecule has 1 fully saturated rings. The highest BCUT2D eigenvalue weighted by Crippen LogP contribution is 2.68. The molecule has 25 heavy (non-hydrogen) atoms. The summed E-state index contributed by atoms with van der Waals surface area (Å²) in [5, 5.41) is 1.50. The largest absolute Gasteiger partial charge is 0.0868 e. The zero-order chi connectivity index (χ0) is 17.1. The third-order valence-electron chi connectivity index (χ3n) is 5.27. The van der Waals surface area contributed by atoms with E-state index in [1.54, 1.807) is 5.57 Å². The Bertz CT molecular complexity index is 811. The molecule has 0 spiro atoms. The summed E-state index contributed by atoms with van der Waals surface area (Å²) in [6.45, 7) is 2.21. The average molecular weight is 342 g/mol. The van der Waals surface area contributed by atoms with Crippen molar-refractivity contribution in [2.24, 2.45) is 0 Å². The zero-order valence-electron chi connectivity index (χ0n) is 14.6. The predicted octanol–water partition coefficient (Wildman–Crippen LogP) is 6.09. The van der Waals surface area contributed by atoms with Gasteiger partial charge in [-0.3, -0.25) is 0 Å². The molecule has 0 amide bonds. The maximum Gasteiger partial charge on any atom is 0.0650 e. The molecule has 0 nitrogen and oxygen atoms in total. The Balaban J connectivity index is 2.02. The van der Waals surface area contributed by atoms with E-state index in [2.05, 4.69) is 104 Å². The van der Waals surface area contributed by atoms with E-state index in [1.165, 1.54) is 29.0 Å². The van der Waals surface area contributed by atoms with Crippen LogP contribution in [0.4, 0.5) is 0 Å². The molecule has 1 aliphatic rings. The van der Waals surface area contributed by atoms with Gasteiger partial charge < -0.3 is 0 Å². The highest BCUT2D eigenvalue weighted by atomic mass is 31.1. The number of hydrogen-bond acceptors (Lipinski definition) is 0. The van der Waals surface area contributed by atoms with E-state index in [0.717, 1.165) is 0 Å². The third kappa shape index (κ3) is 2.66. The molecule has 4 rings (SSSR count). The first kappa shape index (κ1) is 16.3. The summed E-state index contributed by atoms with van der Waals surface area (Å²) < 4.78 is 0. The molecule has 1 saturated heterocycles. The molecule has 0 bridgehead atoms. The van der Waals surface area contributed by atoms with Gasteiger partial charge in [-0.2, -0.15) is 0 Å². The highest BCUT2D eigenvalue weighted by Gasteiger charge is 2.49. The lowest BCUT2D eigenvalue weighted by Gasteiger charge is -2.39. The first-order chi connectivity index (χ1) is 12.4. The fourth-order valence-corrected chi connectivity index (χ4v) is 7.73. The van der Waals surface area contributed by atoms with Crippen LogP contribution in [-0.2, 0) is 5.16 Å². The van der Waals surface area contributed by atoms with Crippen LogP contribution in [0.5, 0.6) is 0 Å². The summed E-state index contributed by atoms with van der Waals surface area (Å²) in [6.07, 6.45) is 4.80. The fraction of sp³-hybridized carbons (Fsp3) is 0.167. The molecule has 0 saturated carbocycles. The number of allylic oxidation sites excluding steroid dienone is 2. The normalized spacial score (nSPS) is 20.7. The summed E-state index contributed by atoms with van der Waals surface area (Å²) >= 11 is 0. The second kappa shape index (κ2) is 6.98. The Morgan fingerprint density at radius 2 is 1.20 bits per heavy atom. The van der Waals surface area contributed by atoms with E-state index in [1.807, 2.05) is 0 Å². The second-order valence-electron chi connectivity index (χ2n) is 6.49. The van der Waals surface area contributed by atoms with Crippen molar-refractivity contribution in [1.29, 1.82) is 0 Å². The van der Waals surface area contributed by atoms with Gasteiger partial charge in [0, 0.05) is 0 Å². The van der Waals surface area contributed by atoms with Crippen molar-refractivity contribution < 1.29 is 0 Å². The number of rotatable bonds is 3. The Hall–Kier alpha value is -2.17. The van der Waals surface area contributed by atoms with Crippen molar-refractivity contribution in [2.45, 2.75) is 18.5 Å². The van der Waals surface area contributed by atoms with Crippen molar-refractivity contribution in [3.8, 4) is 0 Å². The van der Waals surface area contributed by atoms with Crippen LogP contribution < -0.4 is 5.30 Å². The summed E-state index contributed by atoms with van der Waals surface area (Å²) in [5.74, 6) is 0. The van der Waals surface area contributed by atoms with Gasteiger partial charge in [-0.25, -0.2) is 0 Å². The lowest BCUT2D eigenvalue weighted by molar-refractivity contribution is 0.848. The van der Waals surface area contributed by atoms with Crippen molar-refractivity contribution in [1.82, 2.24) is 0 Å². The van der Waals surface area contributed by atoms with Crippen molar-refractivity contribution in [3.05, 3.63) is 114 Å². The summed E-state index contributed by atoms with van der Waals surface area (Å²) in [6, 6.07) is 33.4. The highest BCUT2D eigenvalue weighted by molar-refractivity contribution is 7.67. The van der Waals surface area contributed by atoms with Crippen molar-refractivity contribution in [3.63, 3.8) is 0 Å². The van der Waals surface area contributed by atoms with Crippen molar-refractivity contribution >= 4 is 13.2 Å².